The van der Waals surface area contributed by atoms with E-state index in [1.165, 1.54) is 11.3 Å². The summed E-state index contributed by atoms with van der Waals surface area (Å²) >= 11 is 1.17. The van der Waals surface area contributed by atoms with Crippen LogP contribution in [0.15, 0.2) is 39.8 Å². The molecule has 0 amide bonds. The van der Waals surface area contributed by atoms with Crippen LogP contribution in [-0.4, -0.2) is 13.6 Å². The van der Waals surface area contributed by atoms with Crippen molar-refractivity contribution in [3.05, 3.63) is 51.4 Å². The van der Waals surface area contributed by atoms with Gasteiger partial charge >= 0.3 is 6.18 Å². The molecule has 0 aliphatic rings. The Labute approximate surface area is 164 Å². The molecule has 1 N–H and O–H groups in total. The van der Waals surface area contributed by atoms with Crippen LogP contribution in [0.1, 0.15) is 28.0 Å². The van der Waals surface area contributed by atoms with Gasteiger partial charge in [-0.3, -0.25) is 4.72 Å². The molecule has 1 aromatic carbocycles. The number of alkyl halides is 3. The van der Waals surface area contributed by atoms with Gasteiger partial charge in [-0.2, -0.15) is 13.2 Å². The van der Waals surface area contributed by atoms with E-state index in [-0.39, 0.29) is 16.2 Å². The number of aryl methyl sites for hydroxylation is 3. The summed E-state index contributed by atoms with van der Waals surface area (Å²) in [6.45, 7) is 5.18. The van der Waals surface area contributed by atoms with Crippen LogP contribution in [0.5, 0.6) is 0 Å². The summed E-state index contributed by atoms with van der Waals surface area (Å²) in [5.41, 5.74) is 1.27. The summed E-state index contributed by atoms with van der Waals surface area (Å²) in [5, 5.41) is 3.46. The minimum absolute atomic E-state index is 0.0982. The largest absolute Gasteiger partial charge is 0.452 e. The van der Waals surface area contributed by atoms with E-state index in [0.29, 0.717) is 21.5 Å². The molecule has 2 aromatic heterocycles. The van der Waals surface area contributed by atoms with E-state index in [9.17, 15) is 21.6 Å². The normalized spacial score (nSPS) is 12.4. The molecule has 2 heterocycles. The van der Waals surface area contributed by atoms with Gasteiger partial charge in [0, 0.05) is 27.1 Å². The maximum absolute atomic E-state index is 13.0. The Morgan fingerprint density at radius 3 is 2.50 bits per heavy atom. The molecule has 0 spiro atoms. The minimum atomic E-state index is -4.71. The van der Waals surface area contributed by atoms with Gasteiger partial charge in [0.15, 0.2) is 0 Å². The quantitative estimate of drug-likeness (QED) is 0.588. The van der Waals surface area contributed by atoms with Gasteiger partial charge in [-0.05, 0) is 38.0 Å². The van der Waals surface area contributed by atoms with Crippen LogP contribution in [0.25, 0.3) is 11.3 Å². The lowest BCUT2D eigenvalue weighted by Crippen LogP contribution is -2.14. The molecule has 0 radical (unpaired) electrons. The predicted octanol–water partition coefficient (Wildman–Crippen LogP) is 5.40. The third-order valence-electron chi connectivity index (χ3n) is 4.11. The van der Waals surface area contributed by atoms with Crippen molar-refractivity contribution in [2.45, 2.75) is 38.3 Å². The number of nitrogens with zero attached hydrogens (tertiary/aromatic N) is 1. The van der Waals surface area contributed by atoms with E-state index in [2.05, 4.69) is 14.4 Å². The van der Waals surface area contributed by atoms with Crippen LogP contribution in [0.4, 0.5) is 18.9 Å². The third kappa shape index (κ3) is 3.93. The highest BCUT2D eigenvalue weighted by Crippen LogP contribution is 2.41. The van der Waals surface area contributed by atoms with Crippen LogP contribution in [0.2, 0.25) is 0 Å². The van der Waals surface area contributed by atoms with Gasteiger partial charge in [0.1, 0.15) is 10.6 Å². The first kappa shape index (κ1) is 20.4. The van der Waals surface area contributed by atoms with Crippen molar-refractivity contribution in [1.82, 2.24) is 5.16 Å². The van der Waals surface area contributed by atoms with E-state index < -0.39 is 22.0 Å². The average molecular weight is 430 g/mol. The van der Waals surface area contributed by atoms with Crippen LogP contribution in [0, 0.1) is 13.8 Å². The number of hydrogen-bond donors (Lipinski definition) is 1. The summed E-state index contributed by atoms with van der Waals surface area (Å²) in [5.74, 6) is -1.28. The van der Waals surface area contributed by atoms with Crippen molar-refractivity contribution < 1.29 is 26.1 Å². The zero-order valence-corrected chi connectivity index (χ0v) is 16.8. The fraction of sp³-hybridized carbons (Fsp3) is 0.278. The standard InChI is InChI=1S/C18H17F3N2O3S2/c1-4-12-6-5-7-13(8-12)23-28(24,25)17-11(3)27-10(2)16(17)14-9-15(26-22-14)18(19,20)21/h5-9,23H,4H2,1-3H3. The van der Waals surface area contributed by atoms with Gasteiger partial charge < -0.3 is 4.52 Å². The summed E-state index contributed by atoms with van der Waals surface area (Å²) in [6.07, 6.45) is -3.97. The molecule has 28 heavy (non-hydrogen) atoms. The van der Waals surface area contributed by atoms with Crippen molar-refractivity contribution >= 4 is 27.0 Å². The highest BCUT2D eigenvalue weighted by atomic mass is 32.2. The van der Waals surface area contributed by atoms with Crippen molar-refractivity contribution in [2.75, 3.05) is 4.72 Å². The van der Waals surface area contributed by atoms with E-state index in [1.807, 2.05) is 13.0 Å². The van der Waals surface area contributed by atoms with Gasteiger partial charge in [-0.1, -0.05) is 24.2 Å². The highest BCUT2D eigenvalue weighted by molar-refractivity contribution is 7.93. The number of halogens is 3. The van der Waals surface area contributed by atoms with E-state index in [0.717, 1.165) is 12.0 Å². The molecule has 3 rings (SSSR count). The van der Waals surface area contributed by atoms with Gasteiger partial charge in [-0.25, -0.2) is 8.42 Å². The first-order chi connectivity index (χ1) is 13.0. The van der Waals surface area contributed by atoms with Crippen LogP contribution in [-0.2, 0) is 22.6 Å². The van der Waals surface area contributed by atoms with Crippen LogP contribution < -0.4 is 4.72 Å². The van der Waals surface area contributed by atoms with Gasteiger partial charge in [0.05, 0.1) is 0 Å². The zero-order chi connectivity index (χ0) is 20.7. The Balaban J connectivity index is 2.08. The van der Waals surface area contributed by atoms with Crippen molar-refractivity contribution in [1.29, 1.82) is 0 Å². The lowest BCUT2D eigenvalue weighted by Gasteiger charge is -2.11. The number of benzene rings is 1. The molecule has 0 fully saturated rings. The maximum Gasteiger partial charge on any atom is 0.452 e. The Kier molecular flexibility index (Phi) is 5.28. The number of sulfonamides is 1. The lowest BCUT2D eigenvalue weighted by atomic mass is 10.1. The smallest absolute Gasteiger partial charge is 0.351 e. The Morgan fingerprint density at radius 1 is 1.18 bits per heavy atom. The second-order valence-corrected chi connectivity index (χ2v) is 9.20. The zero-order valence-electron chi connectivity index (χ0n) is 15.2. The predicted molar refractivity (Wildman–Crippen MR) is 101 cm³/mol. The highest BCUT2D eigenvalue weighted by Gasteiger charge is 2.37. The Morgan fingerprint density at radius 2 is 1.89 bits per heavy atom. The van der Waals surface area contributed by atoms with Crippen LogP contribution in [0.3, 0.4) is 0 Å². The topological polar surface area (TPSA) is 72.2 Å². The molecule has 0 unspecified atom stereocenters. The molecule has 0 aliphatic heterocycles. The molecule has 0 bridgehead atoms. The van der Waals surface area contributed by atoms with Gasteiger partial charge in [-0.15, -0.1) is 11.3 Å². The average Bonchev–Trinajstić information content (AvgIpc) is 3.18. The first-order valence-corrected chi connectivity index (χ1v) is 10.6. The van der Waals surface area contributed by atoms with Crippen LogP contribution >= 0.6 is 11.3 Å². The number of thiophene rings is 1. The first-order valence-electron chi connectivity index (χ1n) is 8.29. The summed E-state index contributed by atoms with van der Waals surface area (Å²) in [4.78, 5) is 0.879. The SMILES string of the molecule is CCc1cccc(NS(=O)(=O)c2c(C)sc(C)c2-c2cc(C(F)(F)F)on2)c1. The number of hydrogen-bond acceptors (Lipinski definition) is 5. The minimum Gasteiger partial charge on any atom is -0.351 e. The van der Waals surface area contributed by atoms with Crippen molar-refractivity contribution in [3.8, 4) is 11.3 Å². The molecule has 3 aromatic rings. The number of aromatic nitrogens is 1. The molecule has 5 nitrogen and oxygen atoms in total. The maximum atomic E-state index is 13.0. The molecule has 0 aliphatic carbocycles. The second kappa shape index (κ2) is 7.25. The summed E-state index contributed by atoms with van der Waals surface area (Å²) in [7, 11) is -4.06. The van der Waals surface area contributed by atoms with E-state index >= 15 is 0 Å². The Bertz CT molecular complexity index is 1120. The molecular formula is C18H17F3N2O3S2. The van der Waals surface area contributed by atoms with E-state index in [1.54, 1.807) is 32.0 Å². The van der Waals surface area contributed by atoms with Gasteiger partial charge in [0.2, 0.25) is 5.76 Å². The van der Waals surface area contributed by atoms with E-state index in [4.69, 9.17) is 0 Å². The number of anilines is 1. The third-order valence-corrected chi connectivity index (χ3v) is 6.81. The fourth-order valence-corrected chi connectivity index (χ4v) is 5.80. The fourth-order valence-electron chi connectivity index (χ4n) is 2.87. The number of rotatable bonds is 5. The molecule has 0 saturated carbocycles. The summed E-state index contributed by atoms with van der Waals surface area (Å²) in [6, 6.07) is 7.64. The molecule has 10 heteroatoms. The van der Waals surface area contributed by atoms with Crippen molar-refractivity contribution in [3.63, 3.8) is 0 Å². The lowest BCUT2D eigenvalue weighted by molar-refractivity contribution is -0.155. The summed E-state index contributed by atoms with van der Waals surface area (Å²) < 4.78 is 71.5. The second-order valence-electron chi connectivity index (χ2n) is 6.15. The van der Waals surface area contributed by atoms with Crippen molar-refractivity contribution in [2.24, 2.45) is 0 Å². The molecular weight excluding hydrogens is 413 g/mol. The molecule has 0 saturated heterocycles. The monoisotopic (exact) mass is 430 g/mol. The molecule has 0 atom stereocenters. The molecule has 150 valence electrons. The number of nitrogens with one attached hydrogen (secondary N) is 1. The van der Waals surface area contributed by atoms with Gasteiger partial charge in [0.25, 0.3) is 10.0 Å². The Hall–Kier alpha value is -2.33.